The van der Waals surface area contributed by atoms with E-state index in [1.54, 1.807) is 12.1 Å². The highest BCUT2D eigenvalue weighted by Crippen LogP contribution is 2.12. The van der Waals surface area contributed by atoms with Crippen molar-refractivity contribution in [1.29, 1.82) is 0 Å². The first-order valence-corrected chi connectivity index (χ1v) is 5.76. The number of nitrogens with one attached hydrogen (secondary N) is 1. The van der Waals surface area contributed by atoms with Crippen LogP contribution in [0.1, 0.15) is 29.8 Å². The molecule has 0 aliphatic heterocycles. The van der Waals surface area contributed by atoms with E-state index in [2.05, 4.69) is 5.32 Å². The first-order valence-electron chi connectivity index (χ1n) is 5.76. The van der Waals surface area contributed by atoms with E-state index in [1.807, 2.05) is 26.8 Å². The fraction of sp³-hybridized carbons (Fsp3) is 0.462. The Morgan fingerprint density at radius 2 is 2.11 bits per heavy atom. The van der Waals surface area contributed by atoms with Crippen molar-refractivity contribution in [1.82, 2.24) is 5.32 Å². The first kappa shape index (κ1) is 16.7. The van der Waals surface area contributed by atoms with Crippen molar-refractivity contribution in [2.24, 2.45) is 0 Å². The summed E-state index contributed by atoms with van der Waals surface area (Å²) >= 11 is 0. The predicted molar refractivity (Wildman–Crippen MR) is 76.3 cm³/mol. The zero-order chi connectivity index (χ0) is 12.8. The third kappa shape index (κ3) is 5.38. The standard InChI is InChI=1S/C13H20N2O2.ClH/c1-9(2)17-7-6-15-13(16)12-8-11(14)5-4-10(12)3;/h4-5,8-9H,6-7,14H2,1-3H3,(H,15,16);1H. The normalized spacial score (nSPS) is 10.0. The molecule has 0 heterocycles. The molecule has 0 unspecified atom stereocenters. The largest absolute Gasteiger partial charge is 0.399 e. The summed E-state index contributed by atoms with van der Waals surface area (Å²) in [6.07, 6.45) is 0.181. The summed E-state index contributed by atoms with van der Waals surface area (Å²) in [5.74, 6) is -0.109. The summed E-state index contributed by atoms with van der Waals surface area (Å²) in [6.45, 7) is 6.84. The summed E-state index contributed by atoms with van der Waals surface area (Å²) in [5, 5.41) is 2.80. The Balaban J connectivity index is 0.00000289. The molecule has 1 aromatic rings. The second kappa shape index (κ2) is 7.95. The van der Waals surface area contributed by atoms with E-state index in [1.165, 1.54) is 0 Å². The minimum absolute atomic E-state index is 0. The van der Waals surface area contributed by atoms with Crippen molar-refractivity contribution in [3.05, 3.63) is 29.3 Å². The number of nitrogens with two attached hydrogens (primary N) is 1. The maximum atomic E-state index is 11.8. The van der Waals surface area contributed by atoms with Crippen LogP contribution in [-0.4, -0.2) is 25.2 Å². The summed E-state index contributed by atoms with van der Waals surface area (Å²) in [7, 11) is 0. The number of halogens is 1. The van der Waals surface area contributed by atoms with Crippen LogP contribution in [-0.2, 0) is 4.74 Å². The molecule has 4 nitrogen and oxygen atoms in total. The van der Waals surface area contributed by atoms with Gasteiger partial charge < -0.3 is 15.8 Å². The van der Waals surface area contributed by atoms with Gasteiger partial charge in [0.2, 0.25) is 0 Å². The number of amides is 1. The van der Waals surface area contributed by atoms with Crippen LogP contribution < -0.4 is 11.1 Å². The van der Waals surface area contributed by atoms with Gasteiger partial charge in [0.25, 0.3) is 5.91 Å². The van der Waals surface area contributed by atoms with Crippen molar-refractivity contribution in [2.45, 2.75) is 26.9 Å². The van der Waals surface area contributed by atoms with Crippen LogP contribution in [0.5, 0.6) is 0 Å². The minimum Gasteiger partial charge on any atom is -0.399 e. The SMILES string of the molecule is Cc1ccc(N)cc1C(=O)NCCOC(C)C.Cl. The lowest BCUT2D eigenvalue weighted by molar-refractivity contribution is 0.0746. The number of nitrogen functional groups attached to an aromatic ring is 1. The lowest BCUT2D eigenvalue weighted by atomic mass is 10.1. The zero-order valence-corrected chi connectivity index (χ0v) is 11.8. The third-order valence-corrected chi connectivity index (χ3v) is 2.35. The summed E-state index contributed by atoms with van der Waals surface area (Å²) < 4.78 is 5.34. The van der Waals surface area contributed by atoms with Gasteiger partial charge in [-0.25, -0.2) is 0 Å². The van der Waals surface area contributed by atoms with Crippen LogP contribution in [0.4, 0.5) is 5.69 Å². The Morgan fingerprint density at radius 3 is 2.72 bits per heavy atom. The number of ether oxygens (including phenoxy) is 1. The molecule has 0 radical (unpaired) electrons. The molecule has 0 saturated heterocycles. The van der Waals surface area contributed by atoms with Crippen molar-refractivity contribution in [3.8, 4) is 0 Å². The Morgan fingerprint density at radius 1 is 1.44 bits per heavy atom. The monoisotopic (exact) mass is 272 g/mol. The second-order valence-electron chi connectivity index (χ2n) is 4.25. The fourth-order valence-electron chi connectivity index (χ4n) is 1.44. The molecule has 0 aromatic heterocycles. The molecular weight excluding hydrogens is 252 g/mol. The molecule has 0 aliphatic carbocycles. The molecule has 5 heteroatoms. The quantitative estimate of drug-likeness (QED) is 0.638. The Labute approximate surface area is 114 Å². The number of anilines is 1. The second-order valence-corrected chi connectivity index (χ2v) is 4.25. The van der Waals surface area contributed by atoms with Gasteiger partial charge in [0, 0.05) is 17.8 Å². The van der Waals surface area contributed by atoms with E-state index in [9.17, 15) is 4.79 Å². The van der Waals surface area contributed by atoms with E-state index in [0.29, 0.717) is 24.4 Å². The number of hydrogen-bond acceptors (Lipinski definition) is 3. The van der Waals surface area contributed by atoms with Crippen molar-refractivity contribution in [2.75, 3.05) is 18.9 Å². The predicted octanol–water partition coefficient (Wildman–Crippen LogP) is 2.15. The molecule has 1 rings (SSSR count). The summed E-state index contributed by atoms with van der Waals surface area (Å²) in [6, 6.07) is 5.32. The van der Waals surface area contributed by atoms with Crippen LogP contribution in [0, 0.1) is 6.92 Å². The van der Waals surface area contributed by atoms with Gasteiger partial charge in [0.15, 0.2) is 0 Å². The van der Waals surface area contributed by atoms with Crippen LogP contribution in [0.2, 0.25) is 0 Å². The summed E-state index contributed by atoms with van der Waals surface area (Å²) in [4.78, 5) is 11.8. The Bertz CT molecular complexity index is 395. The van der Waals surface area contributed by atoms with Crippen molar-refractivity contribution < 1.29 is 9.53 Å². The van der Waals surface area contributed by atoms with Crippen molar-refractivity contribution in [3.63, 3.8) is 0 Å². The van der Waals surface area contributed by atoms with Gasteiger partial charge in [-0.2, -0.15) is 0 Å². The number of benzene rings is 1. The van der Waals surface area contributed by atoms with Crippen LogP contribution in [0.3, 0.4) is 0 Å². The van der Waals surface area contributed by atoms with Gasteiger partial charge in [0.1, 0.15) is 0 Å². The molecular formula is C13H21ClN2O2. The number of hydrogen-bond donors (Lipinski definition) is 2. The van der Waals surface area contributed by atoms with Crippen molar-refractivity contribution >= 4 is 24.0 Å². The highest BCUT2D eigenvalue weighted by molar-refractivity contribution is 5.96. The number of rotatable bonds is 5. The van der Waals surface area contributed by atoms with Gasteiger partial charge in [0.05, 0.1) is 12.7 Å². The highest BCUT2D eigenvalue weighted by atomic mass is 35.5. The van der Waals surface area contributed by atoms with E-state index in [-0.39, 0.29) is 24.4 Å². The van der Waals surface area contributed by atoms with Crippen LogP contribution in [0.15, 0.2) is 18.2 Å². The maximum Gasteiger partial charge on any atom is 0.251 e. The van der Waals surface area contributed by atoms with Gasteiger partial charge in [-0.15, -0.1) is 12.4 Å². The summed E-state index contributed by atoms with van der Waals surface area (Å²) in [5.41, 5.74) is 7.79. The highest BCUT2D eigenvalue weighted by Gasteiger charge is 2.08. The molecule has 0 atom stereocenters. The van der Waals surface area contributed by atoms with E-state index < -0.39 is 0 Å². The molecule has 18 heavy (non-hydrogen) atoms. The molecule has 1 aromatic carbocycles. The van der Waals surface area contributed by atoms with Crippen LogP contribution in [0.25, 0.3) is 0 Å². The minimum atomic E-state index is -0.109. The molecule has 0 aliphatic rings. The third-order valence-electron chi connectivity index (χ3n) is 2.35. The first-order chi connectivity index (χ1) is 8.00. The molecule has 0 saturated carbocycles. The average molecular weight is 273 g/mol. The van der Waals surface area contributed by atoms with E-state index >= 15 is 0 Å². The van der Waals surface area contributed by atoms with Gasteiger partial charge in [-0.3, -0.25) is 4.79 Å². The number of carbonyl (C=O) groups is 1. The molecule has 0 bridgehead atoms. The lowest BCUT2D eigenvalue weighted by Crippen LogP contribution is -2.28. The smallest absolute Gasteiger partial charge is 0.251 e. The number of carbonyl (C=O) groups excluding carboxylic acids is 1. The van der Waals surface area contributed by atoms with E-state index in [0.717, 1.165) is 5.56 Å². The van der Waals surface area contributed by atoms with Crippen LogP contribution >= 0.6 is 12.4 Å². The number of aryl methyl sites for hydroxylation is 1. The Hall–Kier alpha value is -1.26. The molecule has 3 N–H and O–H groups in total. The van der Waals surface area contributed by atoms with E-state index in [4.69, 9.17) is 10.5 Å². The topological polar surface area (TPSA) is 64.4 Å². The van der Waals surface area contributed by atoms with Gasteiger partial charge >= 0.3 is 0 Å². The molecule has 0 fully saturated rings. The average Bonchev–Trinajstić information content (AvgIpc) is 2.27. The Kier molecular flexibility index (Phi) is 7.39. The zero-order valence-electron chi connectivity index (χ0n) is 11.0. The van der Waals surface area contributed by atoms with Gasteiger partial charge in [-0.1, -0.05) is 6.07 Å². The lowest BCUT2D eigenvalue weighted by Gasteiger charge is -2.10. The maximum absolute atomic E-state index is 11.8. The van der Waals surface area contributed by atoms with Gasteiger partial charge in [-0.05, 0) is 38.5 Å². The molecule has 1 amide bonds. The molecule has 102 valence electrons. The molecule has 0 spiro atoms. The fourth-order valence-corrected chi connectivity index (χ4v) is 1.44.